The average Bonchev–Trinajstić information content (AvgIpc) is 1.82. The molecule has 0 bridgehead atoms. The second-order valence-electron chi connectivity index (χ2n) is 1.32. The van der Waals surface area contributed by atoms with Gasteiger partial charge >= 0.3 is 5.97 Å². The number of hydrazone groups is 1. The molecule has 58 valence electrons. The van der Waals surface area contributed by atoms with Gasteiger partial charge in [-0.2, -0.15) is 5.10 Å². The number of carbonyl (C=O) groups excluding carboxylic acids is 1. The summed E-state index contributed by atoms with van der Waals surface area (Å²) in [6, 6.07) is 0. The molecule has 0 aromatic heterocycles. The number of nitrogens with zero attached hydrogens (tertiary/aromatic N) is 2. The summed E-state index contributed by atoms with van der Waals surface area (Å²) in [5, 5.41) is 3.88. The first kappa shape index (κ1) is 8.66. The largest absolute Gasteiger partial charge is 0.331 e. The van der Waals surface area contributed by atoms with Gasteiger partial charge in [-0.25, -0.2) is 22.0 Å². The Morgan fingerprint density at radius 3 is 2.90 bits per heavy atom. The predicted octanol–water partition coefficient (Wildman–Crippen LogP) is -1.95. The third-order valence-electron chi connectivity index (χ3n) is 0.480. The molecule has 0 fully saturated rings. The highest BCUT2D eigenvalue weighted by atomic mass is 16.7. The smallest absolute Gasteiger partial charge is 0.325 e. The van der Waals surface area contributed by atoms with Crippen molar-refractivity contribution >= 4 is 12.3 Å². The van der Waals surface area contributed by atoms with E-state index in [1.165, 1.54) is 6.92 Å². The fraction of sp³-hybridized carbons (Fsp3) is 0.333. The van der Waals surface area contributed by atoms with Gasteiger partial charge in [0.05, 0.1) is 0 Å². The fourth-order valence-corrected chi connectivity index (χ4v) is 0.262. The van der Waals surface area contributed by atoms with Gasteiger partial charge < -0.3 is 4.84 Å². The van der Waals surface area contributed by atoms with Gasteiger partial charge in [0.15, 0.2) is 6.34 Å². The molecule has 0 unspecified atom stereocenters. The van der Waals surface area contributed by atoms with Gasteiger partial charge in [-0.1, -0.05) is 0 Å². The zero-order valence-corrected chi connectivity index (χ0v) is 5.44. The van der Waals surface area contributed by atoms with Gasteiger partial charge in [0.2, 0.25) is 0 Å². The van der Waals surface area contributed by atoms with Crippen molar-refractivity contribution in [3.63, 3.8) is 0 Å². The zero-order chi connectivity index (χ0) is 7.98. The molecule has 0 aliphatic carbocycles. The van der Waals surface area contributed by atoms with Crippen LogP contribution in [-0.4, -0.2) is 17.5 Å². The van der Waals surface area contributed by atoms with E-state index in [1.54, 1.807) is 0 Å². The number of nitrogens with one attached hydrogen (secondary N) is 1. The molecule has 0 aromatic carbocycles. The normalized spacial score (nSPS) is 9.50. The van der Waals surface area contributed by atoms with Crippen molar-refractivity contribution in [2.24, 2.45) is 16.8 Å². The highest BCUT2D eigenvalue weighted by molar-refractivity contribution is 5.67. The minimum Gasteiger partial charge on any atom is -0.325 e. The Kier molecular flexibility index (Phi) is 3.92. The lowest BCUT2D eigenvalue weighted by Crippen LogP contribution is -2.33. The number of nitrogens with two attached hydrogens (primary N) is 2. The molecule has 10 heavy (non-hydrogen) atoms. The zero-order valence-electron chi connectivity index (χ0n) is 5.44. The maximum Gasteiger partial charge on any atom is 0.331 e. The Labute approximate surface area is 57.5 Å². The summed E-state index contributed by atoms with van der Waals surface area (Å²) in [4.78, 5) is 14.4. The third kappa shape index (κ3) is 4.81. The van der Waals surface area contributed by atoms with Gasteiger partial charge in [-0.15, -0.1) is 5.17 Å². The second kappa shape index (κ2) is 4.53. The van der Waals surface area contributed by atoms with E-state index in [0.29, 0.717) is 5.17 Å². The van der Waals surface area contributed by atoms with E-state index in [4.69, 9.17) is 11.7 Å². The summed E-state index contributed by atoms with van der Waals surface area (Å²) in [5.74, 6) is 9.21. The summed E-state index contributed by atoms with van der Waals surface area (Å²) < 4.78 is 0. The first-order chi connectivity index (χ1) is 4.66. The molecule has 7 nitrogen and oxygen atoms in total. The first-order valence-corrected chi connectivity index (χ1v) is 2.38. The van der Waals surface area contributed by atoms with Crippen LogP contribution >= 0.6 is 0 Å². The van der Waals surface area contributed by atoms with Crippen molar-refractivity contribution < 1.29 is 9.63 Å². The van der Waals surface area contributed by atoms with Crippen LogP contribution in [0.1, 0.15) is 6.92 Å². The molecule has 0 spiro atoms. The van der Waals surface area contributed by atoms with Crippen LogP contribution in [0.3, 0.4) is 0 Å². The third-order valence-corrected chi connectivity index (χ3v) is 0.480. The monoisotopic (exact) mass is 147 g/mol. The molecule has 0 heterocycles. The van der Waals surface area contributed by atoms with E-state index in [2.05, 4.69) is 9.94 Å². The Morgan fingerprint density at radius 2 is 2.50 bits per heavy atom. The Hall–Kier alpha value is -1.34. The van der Waals surface area contributed by atoms with E-state index in [1.807, 2.05) is 5.53 Å². The van der Waals surface area contributed by atoms with Gasteiger partial charge in [-0.05, 0) is 0 Å². The van der Waals surface area contributed by atoms with Crippen molar-refractivity contribution in [2.75, 3.05) is 0 Å². The molecule has 0 aliphatic rings. The first-order valence-electron chi connectivity index (χ1n) is 2.38. The van der Waals surface area contributed by atoms with E-state index >= 15 is 0 Å². The summed E-state index contributed by atoms with van der Waals surface area (Å²) in [7, 11) is 0. The van der Waals surface area contributed by atoms with Crippen LogP contribution in [0.15, 0.2) is 5.10 Å². The summed E-state index contributed by atoms with van der Waals surface area (Å²) >= 11 is 0. The SMILES string of the molecule is CC(=O)ON(N)C=NNN. The molecule has 7 heteroatoms. The van der Waals surface area contributed by atoms with Gasteiger partial charge in [0.25, 0.3) is 0 Å². The van der Waals surface area contributed by atoms with E-state index < -0.39 is 5.97 Å². The molecule has 0 radical (unpaired) electrons. The van der Waals surface area contributed by atoms with Crippen molar-refractivity contribution in [3.05, 3.63) is 0 Å². The topological polar surface area (TPSA) is 106 Å². The standard InChI is InChI=1S/C3H9N5O2/c1-3(9)10-8(5)2-6-7-4/h2,7H,4-5H2,1H3. The maximum absolute atomic E-state index is 10.2. The molecular weight excluding hydrogens is 138 g/mol. The lowest BCUT2D eigenvalue weighted by atomic mass is 10.8. The molecule has 0 amide bonds. The lowest BCUT2D eigenvalue weighted by Gasteiger charge is -2.08. The highest BCUT2D eigenvalue weighted by Gasteiger charge is 1.95. The minimum atomic E-state index is -0.536. The molecular formula is C3H9N5O2. The van der Waals surface area contributed by atoms with Crippen molar-refractivity contribution in [1.29, 1.82) is 0 Å². The number of hydrogen-bond acceptors (Lipinski definition) is 6. The number of hydrogen-bond donors (Lipinski definition) is 3. The van der Waals surface area contributed by atoms with E-state index in [0.717, 1.165) is 6.34 Å². The number of hydrazine groups is 2. The van der Waals surface area contributed by atoms with Crippen LogP contribution in [0.2, 0.25) is 0 Å². The van der Waals surface area contributed by atoms with Crippen molar-refractivity contribution in [3.8, 4) is 0 Å². The quantitative estimate of drug-likeness (QED) is 0.185. The summed E-state index contributed by atoms with van der Waals surface area (Å²) in [6.45, 7) is 1.21. The number of hydroxylamine groups is 1. The minimum absolute atomic E-state index is 0.536. The predicted molar refractivity (Wildman–Crippen MR) is 33.6 cm³/mol. The van der Waals surface area contributed by atoms with Crippen LogP contribution < -0.4 is 17.2 Å². The van der Waals surface area contributed by atoms with Gasteiger partial charge in [-0.3, -0.25) is 0 Å². The maximum atomic E-state index is 10.2. The molecule has 0 aromatic rings. The molecule has 0 atom stereocenters. The average molecular weight is 147 g/mol. The van der Waals surface area contributed by atoms with Crippen LogP contribution in [0, 0.1) is 0 Å². The second-order valence-corrected chi connectivity index (χ2v) is 1.32. The van der Waals surface area contributed by atoms with Crippen molar-refractivity contribution in [2.45, 2.75) is 6.92 Å². The molecule has 0 saturated heterocycles. The molecule has 0 saturated carbocycles. The van der Waals surface area contributed by atoms with Crippen LogP contribution in [0.4, 0.5) is 0 Å². The van der Waals surface area contributed by atoms with Crippen LogP contribution in [0.25, 0.3) is 0 Å². The number of carbonyl (C=O) groups is 1. The van der Waals surface area contributed by atoms with Gasteiger partial charge in [0, 0.05) is 6.92 Å². The molecule has 0 aliphatic heterocycles. The molecule has 0 rings (SSSR count). The lowest BCUT2D eigenvalue weighted by molar-refractivity contribution is -0.169. The van der Waals surface area contributed by atoms with Crippen molar-refractivity contribution in [1.82, 2.24) is 10.7 Å². The number of rotatable bonds is 3. The molecule has 5 N–H and O–H groups in total. The van der Waals surface area contributed by atoms with E-state index in [-0.39, 0.29) is 0 Å². The highest BCUT2D eigenvalue weighted by Crippen LogP contribution is 1.75. The van der Waals surface area contributed by atoms with Gasteiger partial charge in [0.1, 0.15) is 0 Å². The summed E-state index contributed by atoms with van der Waals surface area (Å²) in [6.07, 6.45) is 1.00. The fourth-order valence-electron chi connectivity index (χ4n) is 0.262. The van der Waals surface area contributed by atoms with Crippen LogP contribution in [-0.2, 0) is 9.63 Å². The van der Waals surface area contributed by atoms with E-state index in [9.17, 15) is 4.79 Å². The Morgan fingerprint density at radius 1 is 1.90 bits per heavy atom. The Bertz CT molecular complexity index is 135. The Balaban J connectivity index is 3.52. The van der Waals surface area contributed by atoms with Crippen LogP contribution in [0.5, 0.6) is 0 Å². The summed E-state index contributed by atoms with van der Waals surface area (Å²) in [5.41, 5.74) is 1.93.